The number of carbonyl (C=O) groups excluding carboxylic acids is 1. The van der Waals surface area contributed by atoms with Gasteiger partial charge < -0.3 is 9.47 Å². The van der Waals surface area contributed by atoms with Crippen LogP contribution in [0.1, 0.15) is 22.8 Å². The molecule has 2 aromatic carbocycles. The molecule has 7 heteroatoms. The highest BCUT2D eigenvalue weighted by Gasteiger charge is 2.17. The summed E-state index contributed by atoms with van der Waals surface area (Å²) in [7, 11) is 0.975. The van der Waals surface area contributed by atoms with Crippen molar-refractivity contribution < 1.29 is 22.7 Å². The summed E-state index contributed by atoms with van der Waals surface area (Å²) in [5, 5.41) is 0. The average Bonchev–Trinajstić information content (AvgIpc) is 2.66. The highest BCUT2D eigenvalue weighted by atomic mass is 32.2. The molecule has 0 fully saturated rings. The summed E-state index contributed by atoms with van der Waals surface area (Å²) in [6.45, 7) is 2.39. The minimum absolute atomic E-state index is 0.143. The van der Waals surface area contributed by atoms with E-state index in [0.29, 0.717) is 23.7 Å². The van der Waals surface area contributed by atoms with E-state index in [0.717, 1.165) is 9.87 Å². The van der Waals surface area contributed by atoms with Crippen LogP contribution in [0.25, 0.3) is 6.08 Å². The zero-order valence-corrected chi connectivity index (χ0v) is 16.6. The number of hydrogen-bond donors (Lipinski definition) is 0. The Morgan fingerprint density at radius 1 is 1.07 bits per heavy atom. The third kappa shape index (κ3) is 4.96. The third-order valence-electron chi connectivity index (χ3n) is 3.83. The Kier molecular flexibility index (Phi) is 6.76. The fourth-order valence-corrected chi connectivity index (χ4v) is 3.24. The zero-order chi connectivity index (χ0) is 20.0. The number of ether oxygens (including phenoxy) is 2. The molecule has 2 rings (SSSR count). The van der Waals surface area contributed by atoms with E-state index in [1.807, 2.05) is 13.0 Å². The van der Waals surface area contributed by atoms with E-state index in [4.69, 9.17) is 9.47 Å². The lowest BCUT2D eigenvalue weighted by Gasteiger charge is -2.11. The first-order valence-electron chi connectivity index (χ1n) is 8.35. The number of allylic oxidation sites excluding steroid dienone is 1. The highest BCUT2D eigenvalue weighted by Crippen LogP contribution is 2.28. The summed E-state index contributed by atoms with van der Waals surface area (Å²) in [5.41, 5.74) is 1.20. The molecule has 0 aliphatic carbocycles. The van der Waals surface area contributed by atoms with Gasteiger partial charge in [0.25, 0.3) is 0 Å². The van der Waals surface area contributed by atoms with E-state index in [1.54, 1.807) is 25.3 Å². The second-order valence-electron chi connectivity index (χ2n) is 5.85. The Morgan fingerprint density at radius 3 is 2.30 bits per heavy atom. The van der Waals surface area contributed by atoms with Crippen molar-refractivity contribution >= 4 is 21.9 Å². The quantitative estimate of drug-likeness (QED) is 0.512. The second kappa shape index (κ2) is 8.83. The lowest BCUT2D eigenvalue weighted by Crippen LogP contribution is -2.22. The minimum atomic E-state index is -3.51. The molecule has 0 aliphatic rings. The largest absolute Gasteiger partial charge is 0.493 e. The second-order valence-corrected chi connectivity index (χ2v) is 8.00. The SMILES string of the molecule is CCOc1cc(C=CC(=O)c2ccc(S(=O)(=O)N(C)C)cc2)ccc1OC. The molecule has 0 saturated heterocycles. The molecule has 0 amide bonds. The van der Waals surface area contributed by atoms with Gasteiger partial charge in [0.15, 0.2) is 17.3 Å². The van der Waals surface area contributed by atoms with E-state index in [9.17, 15) is 13.2 Å². The predicted molar refractivity (Wildman–Crippen MR) is 105 cm³/mol. The number of carbonyl (C=O) groups is 1. The number of methoxy groups -OCH3 is 1. The minimum Gasteiger partial charge on any atom is -0.493 e. The number of benzene rings is 2. The van der Waals surface area contributed by atoms with Gasteiger partial charge in [0.05, 0.1) is 18.6 Å². The lowest BCUT2D eigenvalue weighted by molar-refractivity contribution is 0.104. The van der Waals surface area contributed by atoms with E-state index < -0.39 is 10.0 Å². The standard InChI is InChI=1S/C20H23NO5S/c1-5-26-20-14-15(7-13-19(20)25-4)6-12-18(22)16-8-10-17(11-9-16)27(23,24)21(2)3/h6-14H,5H2,1-4H3. The monoisotopic (exact) mass is 389 g/mol. The number of nitrogens with zero attached hydrogens (tertiary/aromatic N) is 1. The maximum atomic E-state index is 12.3. The molecule has 0 unspecified atom stereocenters. The van der Waals surface area contributed by atoms with Gasteiger partial charge in [-0.15, -0.1) is 0 Å². The molecule has 0 aromatic heterocycles. The first kappa shape index (κ1) is 20.7. The summed E-state index contributed by atoms with van der Waals surface area (Å²) in [4.78, 5) is 12.5. The van der Waals surface area contributed by atoms with Gasteiger partial charge in [0.1, 0.15) is 0 Å². The van der Waals surface area contributed by atoms with Gasteiger partial charge in [-0.25, -0.2) is 12.7 Å². The van der Waals surface area contributed by atoms with Crippen LogP contribution in [0.5, 0.6) is 11.5 Å². The van der Waals surface area contributed by atoms with Crippen molar-refractivity contribution in [3.63, 3.8) is 0 Å². The Labute approximate surface area is 160 Å². The third-order valence-corrected chi connectivity index (χ3v) is 5.66. The van der Waals surface area contributed by atoms with Gasteiger partial charge in [0, 0.05) is 19.7 Å². The van der Waals surface area contributed by atoms with Crippen LogP contribution in [0.15, 0.2) is 53.4 Å². The highest BCUT2D eigenvalue weighted by molar-refractivity contribution is 7.89. The summed E-state index contributed by atoms with van der Waals surface area (Å²) in [6, 6.07) is 11.2. The molecule has 0 saturated carbocycles. The smallest absolute Gasteiger partial charge is 0.242 e. The maximum absolute atomic E-state index is 12.3. The van der Waals surface area contributed by atoms with Crippen LogP contribution in [0.2, 0.25) is 0 Å². The summed E-state index contributed by atoms with van der Waals surface area (Å²) < 4.78 is 36.0. The predicted octanol–water partition coefficient (Wildman–Crippen LogP) is 3.24. The van der Waals surface area contributed by atoms with Crippen LogP contribution in [-0.2, 0) is 10.0 Å². The van der Waals surface area contributed by atoms with E-state index >= 15 is 0 Å². The Morgan fingerprint density at radius 2 is 1.74 bits per heavy atom. The van der Waals surface area contributed by atoms with Crippen molar-refractivity contribution in [2.45, 2.75) is 11.8 Å². The topological polar surface area (TPSA) is 72.9 Å². The van der Waals surface area contributed by atoms with Gasteiger partial charge >= 0.3 is 0 Å². The van der Waals surface area contributed by atoms with E-state index in [-0.39, 0.29) is 10.7 Å². The molecule has 0 atom stereocenters. The molecule has 0 heterocycles. The van der Waals surface area contributed by atoms with Gasteiger partial charge in [-0.1, -0.05) is 12.1 Å². The van der Waals surface area contributed by atoms with Crippen molar-refractivity contribution in [2.75, 3.05) is 27.8 Å². The van der Waals surface area contributed by atoms with Gasteiger partial charge in [0.2, 0.25) is 10.0 Å². The first-order valence-corrected chi connectivity index (χ1v) is 9.79. The maximum Gasteiger partial charge on any atom is 0.242 e. The number of rotatable bonds is 8. The Hall–Kier alpha value is -2.64. The normalized spacial score (nSPS) is 11.7. The molecule has 27 heavy (non-hydrogen) atoms. The molecule has 0 aliphatic heterocycles. The van der Waals surface area contributed by atoms with Crippen LogP contribution in [0.3, 0.4) is 0 Å². The van der Waals surface area contributed by atoms with Crippen molar-refractivity contribution in [1.29, 1.82) is 0 Å². The van der Waals surface area contributed by atoms with Crippen molar-refractivity contribution in [1.82, 2.24) is 4.31 Å². The fraction of sp³-hybridized carbons (Fsp3) is 0.250. The molecular weight excluding hydrogens is 366 g/mol. The summed E-state index contributed by atoms with van der Waals surface area (Å²) >= 11 is 0. The zero-order valence-electron chi connectivity index (χ0n) is 15.8. The van der Waals surface area contributed by atoms with Crippen LogP contribution < -0.4 is 9.47 Å². The first-order chi connectivity index (χ1) is 12.8. The summed E-state index contributed by atoms with van der Waals surface area (Å²) in [5.74, 6) is 1.00. The van der Waals surface area contributed by atoms with E-state index in [1.165, 1.54) is 44.4 Å². The molecule has 6 nitrogen and oxygen atoms in total. The Bertz CT molecular complexity index is 931. The van der Waals surface area contributed by atoms with Crippen molar-refractivity contribution in [3.05, 3.63) is 59.7 Å². The fourth-order valence-electron chi connectivity index (χ4n) is 2.34. The number of ketones is 1. The van der Waals surface area contributed by atoms with Crippen LogP contribution in [0.4, 0.5) is 0 Å². The average molecular weight is 389 g/mol. The van der Waals surface area contributed by atoms with Crippen molar-refractivity contribution in [3.8, 4) is 11.5 Å². The number of sulfonamides is 1. The molecule has 0 spiro atoms. The van der Waals surface area contributed by atoms with E-state index in [2.05, 4.69) is 0 Å². The van der Waals surface area contributed by atoms with Crippen LogP contribution >= 0.6 is 0 Å². The number of hydrogen-bond acceptors (Lipinski definition) is 5. The molecule has 0 N–H and O–H groups in total. The molecule has 144 valence electrons. The molecule has 0 radical (unpaired) electrons. The van der Waals surface area contributed by atoms with Crippen LogP contribution in [0, 0.1) is 0 Å². The van der Waals surface area contributed by atoms with Gasteiger partial charge in [-0.3, -0.25) is 4.79 Å². The molecule has 0 bridgehead atoms. The van der Waals surface area contributed by atoms with Crippen LogP contribution in [-0.4, -0.2) is 46.3 Å². The Balaban J connectivity index is 2.18. The van der Waals surface area contributed by atoms with Crippen molar-refractivity contribution in [2.24, 2.45) is 0 Å². The molecular formula is C20H23NO5S. The molecule has 2 aromatic rings. The van der Waals surface area contributed by atoms with Gasteiger partial charge in [-0.05, 0) is 55.0 Å². The summed E-state index contributed by atoms with van der Waals surface area (Å²) in [6.07, 6.45) is 3.11. The van der Waals surface area contributed by atoms with Gasteiger partial charge in [-0.2, -0.15) is 0 Å². The lowest BCUT2D eigenvalue weighted by atomic mass is 10.1.